The highest BCUT2D eigenvalue weighted by molar-refractivity contribution is 6.44. The molecular weight excluding hydrogens is 270 g/mol. The molecule has 1 aromatic rings. The summed E-state index contributed by atoms with van der Waals surface area (Å²) in [7, 11) is 0. The number of benzene rings is 1. The first kappa shape index (κ1) is 15.4. The monoisotopic (exact) mass is 289 g/mol. The summed E-state index contributed by atoms with van der Waals surface area (Å²) >= 11 is 0. The van der Waals surface area contributed by atoms with Crippen molar-refractivity contribution in [1.29, 1.82) is 0 Å². The molecule has 1 aliphatic heterocycles. The first-order valence-corrected chi connectivity index (χ1v) is 7.16. The van der Waals surface area contributed by atoms with Gasteiger partial charge in [-0.1, -0.05) is 30.3 Å². The maximum absolute atomic E-state index is 12.4. The second-order valence-electron chi connectivity index (χ2n) is 5.02. The van der Waals surface area contributed by atoms with Crippen LogP contribution in [0.2, 0.25) is 0 Å². The summed E-state index contributed by atoms with van der Waals surface area (Å²) < 4.78 is 5.00. The van der Waals surface area contributed by atoms with Crippen LogP contribution in [0.3, 0.4) is 0 Å². The normalized spacial score (nSPS) is 21.6. The van der Waals surface area contributed by atoms with Gasteiger partial charge in [0, 0.05) is 18.0 Å². The summed E-state index contributed by atoms with van der Waals surface area (Å²) in [5.41, 5.74) is 0.364. The fourth-order valence-corrected chi connectivity index (χ4v) is 2.57. The zero-order chi connectivity index (χ0) is 15.2. The number of Topliss-reactive ketones (excluding diaryl/α,β-unsaturated/α-hetero) is 2. The number of hydrogen-bond acceptors (Lipinski definition) is 5. The summed E-state index contributed by atoms with van der Waals surface area (Å²) in [6, 6.07) is 8.44. The third-order valence-corrected chi connectivity index (χ3v) is 3.67. The minimum absolute atomic E-state index is 0.267. The van der Waals surface area contributed by atoms with E-state index in [2.05, 4.69) is 5.32 Å². The van der Waals surface area contributed by atoms with Gasteiger partial charge in [0.25, 0.3) is 0 Å². The Balaban J connectivity index is 2.15. The number of carbonyl (C=O) groups excluding carboxylic acids is 3. The number of rotatable bonds is 5. The van der Waals surface area contributed by atoms with E-state index in [0.717, 1.165) is 0 Å². The molecule has 21 heavy (non-hydrogen) atoms. The van der Waals surface area contributed by atoms with Crippen LogP contribution >= 0.6 is 0 Å². The van der Waals surface area contributed by atoms with Crippen LogP contribution in [-0.2, 0) is 14.3 Å². The van der Waals surface area contributed by atoms with Crippen molar-refractivity contribution >= 4 is 17.5 Å². The predicted molar refractivity (Wildman–Crippen MR) is 76.9 cm³/mol. The van der Waals surface area contributed by atoms with E-state index < -0.39 is 29.4 Å². The second kappa shape index (κ2) is 7.13. The molecular formula is C16H19NO4. The van der Waals surface area contributed by atoms with Crippen molar-refractivity contribution in [2.24, 2.45) is 11.8 Å². The van der Waals surface area contributed by atoms with E-state index in [0.29, 0.717) is 25.1 Å². The quantitative estimate of drug-likeness (QED) is 0.501. The molecule has 1 N–H and O–H groups in total. The van der Waals surface area contributed by atoms with Gasteiger partial charge in [-0.2, -0.15) is 0 Å². The Kier molecular flexibility index (Phi) is 5.22. The molecule has 1 fully saturated rings. The molecule has 5 nitrogen and oxygen atoms in total. The van der Waals surface area contributed by atoms with Gasteiger partial charge in [-0.15, -0.1) is 0 Å². The Labute approximate surface area is 123 Å². The van der Waals surface area contributed by atoms with E-state index in [4.69, 9.17) is 4.74 Å². The number of ketones is 2. The van der Waals surface area contributed by atoms with Gasteiger partial charge < -0.3 is 10.1 Å². The molecule has 0 aliphatic carbocycles. The molecule has 112 valence electrons. The van der Waals surface area contributed by atoms with E-state index in [9.17, 15) is 14.4 Å². The van der Waals surface area contributed by atoms with Gasteiger partial charge in [0.2, 0.25) is 11.6 Å². The topological polar surface area (TPSA) is 72.5 Å². The fourth-order valence-electron chi connectivity index (χ4n) is 2.57. The molecule has 2 atom stereocenters. The van der Waals surface area contributed by atoms with E-state index in [1.807, 2.05) is 0 Å². The Morgan fingerprint density at radius 3 is 2.57 bits per heavy atom. The first-order chi connectivity index (χ1) is 10.1. The summed E-state index contributed by atoms with van der Waals surface area (Å²) in [6.07, 6.45) is 0.473. The number of nitrogens with one attached hydrogen (secondary N) is 1. The number of esters is 1. The largest absolute Gasteiger partial charge is 0.466 e. The Morgan fingerprint density at radius 1 is 1.19 bits per heavy atom. The van der Waals surface area contributed by atoms with E-state index >= 15 is 0 Å². The molecule has 1 aliphatic rings. The van der Waals surface area contributed by atoms with Gasteiger partial charge in [-0.25, -0.2) is 0 Å². The van der Waals surface area contributed by atoms with Gasteiger partial charge in [-0.05, 0) is 19.9 Å². The van der Waals surface area contributed by atoms with Crippen LogP contribution in [0.25, 0.3) is 0 Å². The molecule has 1 saturated heterocycles. The first-order valence-electron chi connectivity index (χ1n) is 7.16. The van der Waals surface area contributed by atoms with Crippen LogP contribution in [0, 0.1) is 11.8 Å². The van der Waals surface area contributed by atoms with Crippen molar-refractivity contribution in [3.05, 3.63) is 35.9 Å². The molecule has 0 saturated carbocycles. The van der Waals surface area contributed by atoms with Crippen molar-refractivity contribution < 1.29 is 19.1 Å². The molecule has 0 aromatic heterocycles. The molecule has 5 heteroatoms. The molecule has 0 bridgehead atoms. The molecule has 0 spiro atoms. The smallest absolute Gasteiger partial charge is 0.310 e. The molecule has 1 heterocycles. The fraction of sp³-hybridized carbons (Fsp3) is 0.438. The SMILES string of the molecule is CCOC(=O)C1CNCCC1C(=O)C(=O)c1ccccc1. The van der Waals surface area contributed by atoms with Gasteiger partial charge in [0.05, 0.1) is 12.5 Å². The lowest BCUT2D eigenvalue weighted by atomic mass is 9.81. The van der Waals surface area contributed by atoms with Gasteiger partial charge in [-0.3, -0.25) is 14.4 Å². The Morgan fingerprint density at radius 2 is 1.90 bits per heavy atom. The molecule has 1 aromatic carbocycles. The lowest BCUT2D eigenvalue weighted by Gasteiger charge is -2.28. The average Bonchev–Trinajstić information content (AvgIpc) is 2.54. The van der Waals surface area contributed by atoms with Crippen molar-refractivity contribution in [2.45, 2.75) is 13.3 Å². The third-order valence-electron chi connectivity index (χ3n) is 3.67. The second-order valence-corrected chi connectivity index (χ2v) is 5.02. The molecule has 0 amide bonds. The van der Waals surface area contributed by atoms with Crippen molar-refractivity contribution in [1.82, 2.24) is 5.32 Å². The van der Waals surface area contributed by atoms with Crippen LogP contribution in [0.1, 0.15) is 23.7 Å². The van der Waals surface area contributed by atoms with Crippen LogP contribution in [-0.4, -0.2) is 37.2 Å². The van der Waals surface area contributed by atoms with Crippen molar-refractivity contribution in [2.75, 3.05) is 19.7 Å². The minimum Gasteiger partial charge on any atom is -0.466 e. The summed E-state index contributed by atoms with van der Waals surface area (Å²) in [5, 5.41) is 3.07. The number of ether oxygens (including phenoxy) is 1. The predicted octanol–water partition coefficient (Wildman–Crippen LogP) is 1.23. The van der Waals surface area contributed by atoms with Crippen LogP contribution < -0.4 is 5.32 Å². The summed E-state index contributed by atoms with van der Waals surface area (Å²) in [5.74, 6) is -2.63. The Hall–Kier alpha value is -2.01. The number of hydrogen-bond donors (Lipinski definition) is 1. The standard InChI is InChI=1S/C16H19NO4/c1-2-21-16(20)13-10-17-9-8-12(13)15(19)14(18)11-6-4-3-5-7-11/h3-7,12-13,17H,2,8-10H2,1H3. The van der Waals surface area contributed by atoms with Gasteiger partial charge in [0.1, 0.15) is 0 Å². The highest BCUT2D eigenvalue weighted by atomic mass is 16.5. The molecule has 0 radical (unpaired) electrons. The average molecular weight is 289 g/mol. The minimum atomic E-state index is -0.599. The van der Waals surface area contributed by atoms with E-state index in [1.54, 1.807) is 37.3 Å². The van der Waals surface area contributed by atoms with Gasteiger partial charge in [0.15, 0.2) is 0 Å². The maximum atomic E-state index is 12.4. The van der Waals surface area contributed by atoms with E-state index in [1.165, 1.54) is 0 Å². The molecule has 2 unspecified atom stereocenters. The lowest BCUT2D eigenvalue weighted by molar-refractivity contribution is -0.152. The van der Waals surface area contributed by atoms with Crippen LogP contribution in [0.4, 0.5) is 0 Å². The Bertz CT molecular complexity index is 526. The highest BCUT2D eigenvalue weighted by Crippen LogP contribution is 2.23. The zero-order valence-electron chi connectivity index (χ0n) is 12.0. The zero-order valence-corrected chi connectivity index (χ0v) is 12.0. The summed E-state index contributed by atoms with van der Waals surface area (Å²) in [4.78, 5) is 36.6. The van der Waals surface area contributed by atoms with Crippen molar-refractivity contribution in [3.63, 3.8) is 0 Å². The van der Waals surface area contributed by atoms with E-state index in [-0.39, 0.29) is 6.61 Å². The summed E-state index contributed by atoms with van der Waals surface area (Å²) in [6.45, 7) is 2.98. The van der Waals surface area contributed by atoms with Crippen LogP contribution in [0.5, 0.6) is 0 Å². The highest BCUT2D eigenvalue weighted by Gasteiger charge is 2.39. The van der Waals surface area contributed by atoms with Gasteiger partial charge >= 0.3 is 5.97 Å². The number of carbonyl (C=O) groups is 3. The third kappa shape index (κ3) is 3.55. The lowest BCUT2D eigenvalue weighted by Crippen LogP contribution is -2.46. The maximum Gasteiger partial charge on any atom is 0.310 e. The van der Waals surface area contributed by atoms with Crippen LogP contribution in [0.15, 0.2) is 30.3 Å². The number of piperidine rings is 1. The molecule has 2 rings (SSSR count). The van der Waals surface area contributed by atoms with Crippen molar-refractivity contribution in [3.8, 4) is 0 Å².